The van der Waals surface area contributed by atoms with Gasteiger partial charge in [0.1, 0.15) is 11.6 Å². The third-order valence-electron chi connectivity index (χ3n) is 9.77. The molecule has 1 aliphatic heterocycles. The number of carbonyl (C=O) groups is 1. The van der Waals surface area contributed by atoms with E-state index in [1.165, 1.54) is 28.9 Å². The van der Waals surface area contributed by atoms with Crippen molar-refractivity contribution in [1.29, 1.82) is 0 Å². The predicted molar refractivity (Wildman–Crippen MR) is 185 cm³/mol. The Hall–Kier alpha value is -4.62. The van der Waals surface area contributed by atoms with Crippen LogP contribution in [0.5, 0.6) is 11.5 Å². The van der Waals surface area contributed by atoms with Gasteiger partial charge in [-0.25, -0.2) is 26.9 Å². The molecule has 10 nitrogen and oxygen atoms in total. The Morgan fingerprint density at radius 3 is 2.62 bits per heavy atom. The quantitative estimate of drug-likeness (QED) is 0.188. The Morgan fingerprint density at radius 2 is 1.88 bits per heavy atom. The third kappa shape index (κ3) is 6.76. The number of aromatic nitrogens is 4. The molecule has 4 bridgehead atoms. The normalized spacial score (nSPS) is 19.9. The number of aliphatic carboxylic acids is 1. The minimum atomic E-state index is -3.66. The molecule has 2 atom stereocenters. The molecule has 0 aliphatic carbocycles. The molecule has 13 heteroatoms. The molecular formula is C37H40F2N4O6S. The number of hydrogen-bond acceptors (Lipinski definition) is 7. The van der Waals surface area contributed by atoms with E-state index in [1.54, 1.807) is 50.5 Å². The van der Waals surface area contributed by atoms with Crippen LogP contribution < -0.4 is 4.74 Å². The van der Waals surface area contributed by atoms with Crippen molar-refractivity contribution in [2.75, 3.05) is 18.1 Å². The van der Waals surface area contributed by atoms with Crippen LogP contribution in [0, 0.1) is 17.0 Å². The van der Waals surface area contributed by atoms with Crippen molar-refractivity contribution in [2.45, 2.75) is 57.8 Å². The fourth-order valence-corrected chi connectivity index (χ4v) is 9.00. The van der Waals surface area contributed by atoms with Gasteiger partial charge in [-0.05, 0) is 67.0 Å². The topological polar surface area (TPSA) is 147 Å². The van der Waals surface area contributed by atoms with Crippen LogP contribution in [-0.2, 0) is 33.5 Å². The lowest BCUT2D eigenvalue weighted by Crippen LogP contribution is -2.35. The summed E-state index contributed by atoms with van der Waals surface area (Å²) in [4.78, 5) is 19.6. The van der Waals surface area contributed by atoms with Gasteiger partial charge in [0.2, 0.25) is 0 Å². The Bertz CT molecular complexity index is 2200. The zero-order valence-corrected chi connectivity index (χ0v) is 29.2. The second kappa shape index (κ2) is 13.3. The molecule has 0 spiro atoms. The summed E-state index contributed by atoms with van der Waals surface area (Å²) in [6, 6.07) is 13.8. The van der Waals surface area contributed by atoms with Crippen molar-refractivity contribution in [3.05, 3.63) is 94.9 Å². The van der Waals surface area contributed by atoms with Crippen LogP contribution in [-0.4, -0.2) is 62.5 Å². The highest BCUT2D eigenvalue weighted by Crippen LogP contribution is 2.41. The number of nitrogens with zero attached hydrogens (tertiary/aromatic N) is 3. The number of carboxylic acid groups (broad SMARTS) is 1. The first-order valence-corrected chi connectivity index (χ1v) is 18.3. The van der Waals surface area contributed by atoms with E-state index >= 15 is 8.78 Å². The van der Waals surface area contributed by atoms with Gasteiger partial charge in [0.25, 0.3) is 0 Å². The van der Waals surface area contributed by atoms with Crippen LogP contribution in [0.15, 0.2) is 60.8 Å². The van der Waals surface area contributed by atoms with Crippen LogP contribution in [0.2, 0.25) is 0 Å². The van der Waals surface area contributed by atoms with Gasteiger partial charge in [0, 0.05) is 35.8 Å². The van der Waals surface area contributed by atoms with Crippen molar-refractivity contribution < 1.29 is 36.9 Å². The summed E-state index contributed by atoms with van der Waals surface area (Å²) in [6.45, 7) is 4.84. The van der Waals surface area contributed by atoms with E-state index < -0.39 is 50.8 Å². The highest BCUT2D eigenvalue weighted by atomic mass is 32.2. The Kier molecular flexibility index (Phi) is 9.33. The van der Waals surface area contributed by atoms with Gasteiger partial charge in [-0.3, -0.25) is 4.79 Å². The molecule has 3 aromatic carbocycles. The Labute approximate surface area is 289 Å². The van der Waals surface area contributed by atoms with Crippen LogP contribution in [0.1, 0.15) is 68.5 Å². The minimum absolute atomic E-state index is 0.0124. The molecule has 0 radical (unpaired) electrons. The molecule has 0 saturated carbocycles. The van der Waals surface area contributed by atoms with E-state index in [-0.39, 0.29) is 53.1 Å². The number of nitrogens with one attached hydrogen (secondary N) is 1. The lowest BCUT2D eigenvalue weighted by molar-refractivity contribution is -0.138. The molecule has 264 valence electrons. The minimum Gasteiger partial charge on any atom is -0.481 e. The number of benzene rings is 3. The van der Waals surface area contributed by atoms with Crippen LogP contribution >= 0.6 is 0 Å². The molecule has 3 heterocycles. The van der Waals surface area contributed by atoms with Gasteiger partial charge in [0.15, 0.2) is 33.1 Å². The number of aliphatic hydroxyl groups is 1. The van der Waals surface area contributed by atoms with E-state index in [2.05, 4.69) is 10.1 Å². The fourth-order valence-electron chi connectivity index (χ4n) is 7.00. The van der Waals surface area contributed by atoms with Crippen LogP contribution in [0.4, 0.5) is 8.78 Å². The number of H-pyrrole nitrogens is 1. The van der Waals surface area contributed by atoms with E-state index in [0.717, 1.165) is 0 Å². The Balaban J connectivity index is 1.54. The predicted octanol–water partition coefficient (Wildman–Crippen LogP) is 6.67. The summed E-state index contributed by atoms with van der Waals surface area (Å²) in [5.41, 5.74) is 0.0409. The van der Waals surface area contributed by atoms with Crippen molar-refractivity contribution in [2.24, 2.45) is 12.5 Å². The number of aromatic amines is 1. The summed E-state index contributed by atoms with van der Waals surface area (Å²) in [5.74, 6) is -3.33. The Morgan fingerprint density at radius 1 is 1.10 bits per heavy atom. The first-order valence-electron chi connectivity index (χ1n) is 16.5. The van der Waals surface area contributed by atoms with E-state index in [4.69, 9.17) is 9.72 Å². The first-order chi connectivity index (χ1) is 23.6. The maximum absolute atomic E-state index is 15.7. The highest BCUT2D eigenvalue weighted by Gasteiger charge is 2.40. The van der Waals surface area contributed by atoms with Gasteiger partial charge < -0.3 is 19.9 Å². The summed E-state index contributed by atoms with van der Waals surface area (Å²) >= 11 is 0. The van der Waals surface area contributed by atoms with E-state index in [9.17, 15) is 23.4 Å². The SMILES string of the molecule is CC(C(=O)O)c1cccc(C2(CO)CCCC(C)(C)CS(=O)(=O)CCc3c(c(F)cc4[nH]ccc34)Oc3ccc(F)c(c3)-c3nc2nn3C)c1. The molecular weight excluding hydrogens is 666 g/mol. The maximum atomic E-state index is 15.7. The lowest BCUT2D eigenvalue weighted by atomic mass is 9.74. The van der Waals surface area contributed by atoms with E-state index in [0.29, 0.717) is 40.4 Å². The smallest absolute Gasteiger partial charge is 0.310 e. The van der Waals surface area contributed by atoms with Crippen LogP contribution in [0.3, 0.4) is 0 Å². The number of halogens is 2. The number of aliphatic hydroxyl groups excluding tert-OH is 1. The molecule has 6 rings (SSSR count). The van der Waals surface area contributed by atoms with Crippen molar-refractivity contribution in [3.8, 4) is 22.9 Å². The number of rotatable bonds is 4. The summed E-state index contributed by atoms with van der Waals surface area (Å²) in [5, 5.41) is 26.2. The zero-order valence-electron chi connectivity index (χ0n) is 28.3. The molecule has 0 fully saturated rings. The van der Waals surface area contributed by atoms with Crippen molar-refractivity contribution in [1.82, 2.24) is 19.7 Å². The van der Waals surface area contributed by atoms with Gasteiger partial charge in [-0.1, -0.05) is 44.5 Å². The molecule has 5 aromatic rings. The largest absolute Gasteiger partial charge is 0.481 e. The molecule has 0 saturated heterocycles. The number of fused-ring (bicyclic) bond motifs is 8. The number of hydrogen-bond donors (Lipinski definition) is 3. The maximum Gasteiger partial charge on any atom is 0.310 e. The fraction of sp³-hybridized carbons (Fsp3) is 0.378. The molecule has 2 aromatic heterocycles. The van der Waals surface area contributed by atoms with Gasteiger partial charge >= 0.3 is 5.97 Å². The highest BCUT2D eigenvalue weighted by molar-refractivity contribution is 7.91. The van der Waals surface area contributed by atoms with Gasteiger partial charge in [-0.2, -0.15) is 5.10 Å². The first kappa shape index (κ1) is 35.2. The molecule has 50 heavy (non-hydrogen) atoms. The van der Waals surface area contributed by atoms with Gasteiger partial charge in [-0.15, -0.1) is 0 Å². The molecule has 2 unspecified atom stereocenters. The average Bonchev–Trinajstić information content (AvgIpc) is 3.69. The monoisotopic (exact) mass is 706 g/mol. The van der Waals surface area contributed by atoms with Crippen molar-refractivity contribution >= 4 is 26.7 Å². The number of ether oxygens (including phenoxy) is 1. The average molecular weight is 707 g/mol. The van der Waals surface area contributed by atoms with Crippen molar-refractivity contribution in [3.63, 3.8) is 0 Å². The molecule has 0 amide bonds. The van der Waals surface area contributed by atoms with Gasteiger partial charge in [0.05, 0.1) is 35.0 Å². The van der Waals surface area contributed by atoms with Crippen LogP contribution in [0.25, 0.3) is 22.3 Å². The summed E-state index contributed by atoms with van der Waals surface area (Å²) in [6.07, 6.45) is 2.81. The zero-order chi connectivity index (χ0) is 36.0. The summed E-state index contributed by atoms with van der Waals surface area (Å²) < 4.78 is 66.0. The number of aryl methyl sites for hydroxylation is 2. The standard InChI is InChI=1S/C37H40F2N4O6S/c1-22(34(45)46)23-7-5-8-24(17-23)37(20-44)14-6-13-36(2,3)21-50(47,48)16-12-27-26-11-15-40-31(26)19-30(39)32(27)49-25-9-10-29(38)28(18-25)33-41-35(37)42-43(33)4/h5,7-11,15,17-19,22,40,44H,6,12-14,16,20-21H2,1-4H3,(H,45,46). The second-order valence-corrected chi connectivity index (χ2v) is 16.2. The number of carboxylic acids is 1. The number of sulfone groups is 1. The van der Waals surface area contributed by atoms with E-state index in [1.807, 2.05) is 13.8 Å². The molecule has 1 aliphatic rings. The molecule has 3 N–H and O–H groups in total. The second-order valence-electron chi connectivity index (χ2n) is 14.0. The lowest BCUT2D eigenvalue weighted by Gasteiger charge is -2.32. The third-order valence-corrected chi connectivity index (χ3v) is 11.8. The summed E-state index contributed by atoms with van der Waals surface area (Å²) in [7, 11) is -2.06.